The summed E-state index contributed by atoms with van der Waals surface area (Å²) in [7, 11) is 0. The average molecular weight is 350 g/mol. The number of hydrogen-bond donors (Lipinski definition) is 3. The summed E-state index contributed by atoms with van der Waals surface area (Å²) in [6, 6.07) is 13.7. The third kappa shape index (κ3) is 3.11. The van der Waals surface area contributed by atoms with E-state index >= 15 is 0 Å². The summed E-state index contributed by atoms with van der Waals surface area (Å²) in [5.74, 6) is -0.111. The molecule has 26 heavy (non-hydrogen) atoms. The minimum absolute atomic E-state index is 0.111. The van der Waals surface area contributed by atoms with E-state index in [1.807, 2.05) is 31.2 Å². The first-order valence-corrected chi connectivity index (χ1v) is 8.74. The monoisotopic (exact) mass is 350 g/mol. The summed E-state index contributed by atoms with van der Waals surface area (Å²) in [4.78, 5) is 14.7. The third-order valence-electron chi connectivity index (χ3n) is 4.74. The highest BCUT2D eigenvalue weighted by molar-refractivity contribution is 6.32. The zero-order valence-corrected chi connectivity index (χ0v) is 14.7. The van der Waals surface area contributed by atoms with Crippen LogP contribution in [0, 0.1) is 0 Å². The third-order valence-corrected chi connectivity index (χ3v) is 4.74. The molecule has 0 atom stereocenters. The Morgan fingerprint density at radius 3 is 2.62 bits per heavy atom. The van der Waals surface area contributed by atoms with E-state index in [0.717, 1.165) is 48.9 Å². The highest BCUT2D eigenvalue weighted by Crippen LogP contribution is 2.35. The molecule has 0 bridgehead atoms. The summed E-state index contributed by atoms with van der Waals surface area (Å²) >= 11 is 0. The van der Waals surface area contributed by atoms with Gasteiger partial charge in [-0.15, -0.1) is 0 Å². The normalized spacial score (nSPS) is 18.3. The lowest BCUT2D eigenvalue weighted by Crippen LogP contribution is -2.36. The first-order chi connectivity index (χ1) is 12.6. The van der Waals surface area contributed by atoms with Crippen molar-refractivity contribution >= 4 is 34.2 Å². The summed E-state index contributed by atoms with van der Waals surface area (Å²) in [6.07, 6.45) is 0. The smallest absolute Gasteiger partial charge is 0.258 e. The molecule has 0 saturated carbocycles. The summed E-state index contributed by atoms with van der Waals surface area (Å²) in [5.41, 5.74) is 11.7. The van der Waals surface area contributed by atoms with Crippen LogP contribution in [0.2, 0.25) is 0 Å². The van der Waals surface area contributed by atoms with Crippen LogP contribution in [-0.4, -0.2) is 32.2 Å². The predicted octanol–water partition coefficient (Wildman–Crippen LogP) is 2.90. The topological polar surface area (TPSA) is 79.6 Å². The fourth-order valence-electron chi connectivity index (χ4n) is 3.41. The minimum Gasteiger partial charge on any atom is -0.399 e. The highest BCUT2D eigenvalue weighted by atomic mass is 16.5. The molecule has 6 heteroatoms. The van der Waals surface area contributed by atoms with Crippen LogP contribution in [0.3, 0.4) is 0 Å². The van der Waals surface area contributed by atoms with Crippen LogP contribution >= 0.6 is 0 Å². The van der Waals surface area contributed by atoms with Crippen LogP contribution in [-0.2, 0) is 9.53 Å². The Hall–Kier alpha value is -2.99. The second-order valence-electron chi connectivity index (χ2n) is 6.53. The van der Waals surface area contributed by atoms with Crippen molar-refractivity contribution in [3.05, 3.63) is 53.7 Å². The number of rotatable bonds is 3. The van der Waals surface area contributed by atoms with Gasteiger partial charge in [-0.1, -0.05) is 0 Å². The van der Waals surface area contributed by atoms with Crippen molar-refractivity contribution in [2.45, 2.75) is 6.92 Å². The van der Waals surface area contributed by atoms with Crippen LogP contribution in [0.5, 0.6) is 0 Å². The molecule has 2 aromatic rings. The maximum absolute atomic E-state index is 12.4. The first-order valence-electron chi connectivity index (χ1n) is 8.74. The SMILES string of the molecule is CC(Nc1ccc(N2CCOCC2)cc1)=C1C(=O)Nc2ccc(N)cc21. The Morgan fingerprint density at radius 1 is 1.15 bits per heavy atom. The molecule has 0 spiro atoms. The Balaban J connectivity index is 1.56. The Kier molecular flexibility index (Phi) is 4.26. The molecule has 0 aliphatic carbocycles. The van der Waals surface area contributed by atoms with Crippen LogP contribution in [0.1, 0.15) is 12.5 Å². The molecule has 0 unspecified atom stereocenters. The molecule has 134 valence electrons. The molecule has 1 fully saturated rings. The Labute approximate surface area is 152 Å². The minimum atomic E-state index is -0.111. The molecule has 0 aromatic heterocycles. The van der Waals surface area contributed by atoms with Gasteiger partial charge in [0.2, 0.25) is 0 Å². The lowest BCUT2D eigenvalue weighted by molar-refractivity contribution is -0.110. The second kappa shape index (κ2) is 6.72. The number of allylic oxidation sites excluding steroid dienone is 1. The first kappa shape index (κ1) is 16.5. The lowest BCUT2D eigenvalue weighted by atomic mass is 10.0. The zero-order chi connectivity index (χ0) is 18.1. The van der Waals surface area contributed by atoms with Gasteiger partial charge in [-0.2, -0.15) is 0 Å². The van der Waals surface area contributed by atoms with Gasteiger partial charge in [0.1, 0.15) is 0 Å². The molecular formula is C20H22N4O2. The van der Waals surface area contributed by atoms with E-state index in [1.165, 1.54) is 5.69 Å². The van der Waals surface area contributed by atoms with Crippen LogP contribution in [0.15, 0.2) is 48.2 Å². The number of ether oxygens (including phenoxy) is 1. The summed E-state index contributed by atoms with van der Waals surface area (Å²) in [6.45, 7) is 5.26. The number of nitrogens with two attached hydrogens (primary N) is 1. The average Bonchev–Trinajstić information content (AvgIpc) is 2.98. The summed E-state index contributed by atoms with van der Waals surface area (Å²) in [5, 5.41) is 6.22. The van der Waals surface area contributed by atoms with Gasteiger partial charge >= 0.3 is 0 Å². The molecule has 2 aromatic carbocycles. The van der Waals surface area contributed by atoms with Gasteiger partial charge in [-0.25, -0.2) is 0 Å². The van der Waals surface area contributed by atoms with Gasteiger partial charge in [0.25, 0.3) is 5.91 Å². The van der Waals surface area contributed by atoms with Crippen LogP contribution in [0.25, 0.3) is 5.57 Å². The van der Waals surface area contributed by atoms with Crippen molar-refractivity contribution in [1.82, 2.24) is 0 Å². The van der Waals surface area contributed by atoms with Crippen molar-refractivity contribution in [3.8, 4) is 0 Å². The van der Waals surface area contributed by atoms with E-state index < -0.39 is 0 Å². The van der Waals surface area contributed by atoms with Crippen molar-refractivity contribution in [2.75, 3.05) is 47.6 Å². The molecule has 2 heterocycles. The standard InChI is InChI=1S/C20H22N4O2/c1-13(19-17-12-14(21)2-7-18(17)23-20(19)25)22-15-3-5-16(6-4-15)24-8-10-26-11-9-24/h2-7,12,22H,8-11,21H2,1H3,(H,23,25). The zero-order valence-electron chi connectivity index (χ0n) is 14.7. The number of nitrogens with zero attached hydrogens (tertiary/aromatic N) is 1. The number of amides is 1. The molecule has 4 rings (SSSR count). The maximum Gasteiger partial charge on any atom is 0.258 e. The molecule has 2 aliphatic rings. The molecule has 2 aliphatic heterocycles. The Bertz CT molecular complexity index is 868. The van der Waals surface area contributed by atoms with Crippen molar-refractivity contribution in [1.29, 1.82) is 0 Å². The van der Waals surface area contributed by atoms with Gasteiger partial charge < -0.3 is 26.0 Å². The molecule has 1 saturated heterocycles. The van der Waals surface area contributed by atoms with Crippen LogP contribution in [0.4, 0.5) is 22.7 Å². The van der Waals surface area contributed by atoms with Gasteiger partial charge in [0, 0.05) is 47.1 Å². The predicted molar refractivity (Wildman–Crippen MR) is 105 cm³/mol. The number of nitrogens with one attached hydrogen (secondary N) is 2. The van der Waals surface area contributed by atoms with E-state index in [1.54, 1.807) is 6.07 Å². The molecule has 6 nitrogen and oxygen atoms in total. The fraction of sp³-hybridized carbons (Fsp3) is 0.250. The summed E-state index contributed by atoms with van der Waals surface area (Å²) < 4.78 is 5.39. The van der Waals surface area contributed by atoms with Crippen molar-refractivity contribution in [2.24, 2.45) is 0 Å². The molecule has 0 radical (unpaired) electrons. The maximum atomic E-state index is 12.4. The van der Waals surface area contributed by atoms with E-state index in [9.17, 15) is 4.79 Å². The lowest BCUT2D eigenvalue weighted by Gasteiger charge is -2.29. The molecule has 1 amide bonds. The number of fused-ring (bicyclic) bond motifs is 1. The van der Waals surface area contributed by atoms with Gasteiger partial charge in [-0.3, -0.25) is 4.79 Å². The number of anilines is 4. The Morgan fingerprint density at radius 2 is 1.88 bits per heavy atom. The van der Waals surface area contributed by atoms with E-state index in [2.05, 4.69) is 27.7 Å². The van der Waals surface area contributed by atoms with E-state index in [0.29, 0.717) is 11.3 Å². The molecule has 4 N–H and O–H groups in total. The largest absolute Gasteiger partial charge is 0.399 e. The van der Waals surface area contributed by atoms with Gasteiger partial charge in [-0.05, 0) is 49.4 Å². The number of carbonyl (C=O) groups excluding carboxylic acids is 1. The quantitative estimate of drug-likeness (QED) is 0.586. The second-order valence-corrected chi connectivity index (χ2v) is 6.53. The number of benzene rings is 2. The number of hydrogen-bond acceptors (Lipinski definition) is 5. The van der Waals surface area contributed by atoms with Gasteiger partial charge in [0.05, 0.1) is 18.8 Å². The molecular weight excluding hydrogens is 328 g/mol. The van der Waals surface area contributed by atoms with Crippen molar-refractivity contribution in [3.63, 3.8) is 0 Å². The number of morpholine rings is 1. The fourth-order valence-corrected chi connectivity index (χ4v) is 3.41. The van der Waals surface area contributed by atoms with E-state index in [-0.39, 0.29) is 5.91 Å². The van der Waals surface area contributed by atoms with Gasteiger partial charge in [0.15, 0.2) is 0 Å². The number of carbonyl (C=O) groups is 1. The highest BCUT2D eigenvalue weighted by Gasteiger charge is 2.26. The van der Waals surface area contributed by atoms with Crippen LogP contribution < -0.4 is 21.3 Å². The number of nitrogen functional groups attached to an aromatic ring is 1. The van der Waals surface area contributed by atoms with Crippen molar-refractivity contribution < 1.29 is 9.53 Å². The van der Waals surface area contributed by atoms with E-state index in [4.69, 9.17) is 10.5 Å².